The van der Waals surface area contributed by atoms with Gasteiger partial charge in [0.2, 0.25) is 0 Å². The lowest BCUT2D eigenvalue weighted by molar-refractivity contribution is -0.135. The van der Waals surface area contributed by atoms with Crippen LogP contribution in [0, 0.1) is 5.92 Å². The monoisotopic (exact) mass is 299 g/mol. The van der Waals surface area contributed by atoms with Crippen LogP contribution in [0.1, 0.15) is 32.8 Å². The largest absolute Gasteiger partial charge is 0.341 e. The van der Waals surface area contributed by atoms with Gasteiger partial charge in [0.1, 0.15) is 10.9 Å². The average molecular weight is 299 g/mol. The molecule has 0 aromatic heterocycles. The van der Waals surface area contributed by atoms with E-state index in [0.29, 0.717) is 6.42 Å². The molecule has 0 saturated carbocycles. The summed E-state index contributed by atoms with van der Waals surface area (Å²) in [6.07, 6.45) is 1.18. The van der Waals surface area contributed by atoms with Gasteiger partial charge >= 0.3 is 16.1 Å². The summed E-state index contributed by atoms with van der Waals surface area (Å²) in [6.45, 7) is 5.75. The lowest BCUT2D eigenvalue weighted by atomic mass is 10.1. The second kappa shape index (κ2) is 6.85. The number of carbonyl (C=O) groups excluding carboxylic acids is 1. The van der Waals surface area contributed by atoms with E-state index in [2.05, 4.69) is 4.18 Å². The van der Waals surface area contributed by atoms with Crippen molar-refractivity contribution in [3.8, 4) is 0 Å². The molecule has 2 N–H and O–H groups in total. The van der Waals surface area contributed by atoms with Gasteiger partial charge in [-0.2, -0.15) is 8.42 Å². The summed E-state index contributed by atoms with van der Waals surface area (Å²) in [4.78, 5) is 11.6. The number of aryl methyl sites for hydroxylation is 1. The minimum atomic E-state index is -4.09. The number of carbonyl (C=O) groups is 1. The summed E-state index contributed by atoms with van der Waals surface area (Å²) in [5.41, 5.74) is 6.62. The first kappa shape index (κ1) is 16.7. The van der Waals surface area contributed by atoms with E-state index in [4.69, 9.17) is 5.73 Å². The molecule has 0 bridgehead atoms. The normalized spacial score (nSPS) is 13.2. The summed E-state index contributed by atoms with van der Waals surface area (Å²) >= 11 is 0. The van der Waals surface area contributed by atoms with Gasteiger partial charge in [-0.1, -0.05) is 32.9 Å². The Morgan fingerprint density at radius 3 is 2.25 bits per heavy atom. The molecule has 0 spiro atoms. The van der Waals surface area contributed by atoms with Crippen molar-refractivity contribution >= 4 is 16.1 Å². The van der Waals surface area contributed by atoms with E-state index in [-0.39, 0.29) is 10.8 Å². The standard InChI is InChI=1S/C14H21NO4S/c1-4-11-5-7-12(8-6-11)20(17,18)19-14(16)13(15)9-10(2)3/h5-8,10,13H,4,9,15H2,1-3H3/t13-/m1/s1. The fourth-order valence-electron chi connectivity index (χ4n) is 1.71. The minimum absolute atomic E-state index is 0.0419. The van der Waals surface area contributed by atoms with E-state index in [1.165, 1.54) is 12.1 Å². The predicted octanol–water partition coefficient (Wildman–Crippen LogP) is 1.85. The molecular formula is C14H21NO4S. The molecule has 112 valence electrons. The molecule has 1 aromatic carbocycles. The van der Waals surface area contributed by atoms with Gasteiger partial charge in [-0.25, -0.2) is 4.79 Å². The zero-order valence-corrected chi connectivity index (χ0v) is 12.8. The van der Waals surface area contributed by atoms with Crippen LogP contribution >= 0.6 is 0 Å². The smallest absolute Gasteiger partial charge is 0.341 e. The van der Waals surface area contributed by atoms with Crippen molar-refractivity contribution in [3.63, 3.8) is 0 Å². The molecule has 0 heterocycles. The fraction of sp³-hybridized carbons (Fsp3) is 0.500. The van der Waals surface area contributed by atoms with Crippen LogP contribution in [0.3, 0.4) is 0 Å². The second-order valence-electron chi connectivity index (χ2n) is 5.09. The molecule has 0 unspecified atom stereocenters. The Hall–Kier alpha value is -1.40. The first-order valence-electron chi connectivity index (χ1n) is 6.59. The predicted molar refractivity (Wildman–Crippen MR) is 76.5 cm³/mol. The van der Waals surface area contributed by atoms with E-state index in [1.807, 2.05) is 20.8 Å². The lowest BCUT2D eigenvalue weighted by Gasteiger charge is -2.13. The van der Waals surface area contributed by atoms with Gasteiger partial charge in [0.15, 0.2) is 0 Å². The summed E-state index contributed by atoms with van der Waals surface area (Å²) in [5.74, 6) is -0.734. The summed E-state index contributed by atoms with van der Waals surface area (Å²) in [6, 6.07) is 5.30. The fourth-order valence-corrected chi connectivity index (χ4v) is 2.62. The number of rotatable bonds is 6. The third-order valence-electron chi connectivity index (χ3n) is 2.84. The van der Waals surface area contributed by atoms with Crippen LogP contribution < -0.4 is 5.73 Å². The van der Waals surface area contributed by atoms with Gasteiger partial charge in [-0.3, -0.25) is 0 Å². The second-order valence-corrected chi connectivity index (χ2v) is 6.64. The van der Waals surface area contributed by atoms with E-state index in [9.17, 15) is 13.2 Å². The molecule has 1 aromatic rings. The Morgan fingerprint density at radius 1 is 1.25 bits per heavy atom. The van der Waals surface area contributed by atoms with E-state index >= 15 is 0 Å². The van der Waals surface area contributed by atoms with Gasteiger partial charge in [-0.05, 0) is 36.5 Å². The Bertz CT molecular complexity index is 549. The molecular weight excluding hydrogens is 278 g/mol. The highest BCUT2D eigenvalue weighted by Crippen LogP contribution is 2.15. The summed E-state index contributed by atoms with van der Waals surface area (Å²) < 4.78 is 28.4. The van der Waals surface area contributed by atoms with Crippen LogP contribution in [-0.2, 0) is 25.5 Å². The molecule has 0 fully saturated rings. The molecule has 20 heavy (non-hydrogen) atoms. The van der Waals surface area contributed by atoms with Crippen molar-refractivity contribution in [2.24, 2.45) is 11.7 Å². The lowest BCUT2D eigenvalue weighted by Crippen LogP contribution is -2.35. The highest BCUT2D eigenvalue weighted by Gasteiger charge is 2.25. The Kier molecular flexibility index (Phi) is 5.71. The van der Waals surface area contributed by atoms with Crippen LogP contribution in [0.2, 0.25) is 0 Å². The molecule has 0 aliphatic rings. The zero-order chi connectivity index (χ0) is 15.3. The third kappa shape index (κ3) is 4.61. The summed E-state index contributed by atoms with van der Waals surface area (Å²) in [7, 11) is -4.09. The van der Waals surface area contributed by atoms with Crippen molar-refractivity contribution in [2.75, 3.05) is 0 Å². The third-order valence-corrected chi connectivity index (χ3v) is 4.07. The molecule has 0 amide bonds. The number of nitrogens with two attached hydrogens (primary N) is 1. The molecule has 5 nitrogen and oxygen atoms in total. The van der Waals surface area contributed by atoms with Crippen molar-refractivity contribution in [1.82, 2.24) is 0 Å². The summed E-state index contributed by atoms with van der Waals surface area (Å²) in [5, 5.41) is 0. The van der Waals surface area contributed by atoms with Crippen molar-refractivity contribution in [3.05, 3.63) is 29.8 Å². The molecule has 0 saturated heterocycles. The number of hydrogen-bond donors (Lipinski definition) is 1. The van der Waals surface area contributed by atoms with Crippen molar-refractivity contribution in [1.29, 1.82) is 0 Å². The van der Waals surface area contributed by atoms with Gasteiger partial charge in [0, 0.05) is 0 Å². The van der Waals surface area contributed by atoms with Gasteiger partial charge in [0.25, 0.3) is 0 Å². The van der Waals surface area contributed by atoms with Crippen LogP contribution in [0.25, 0.3) is 0 Å². The van der Waals surface area contributed by atoms with E-state index in [1.54, 1.807) is 12.1 Å². The van der Waals surface area contributed by atoms with Crippen molar-refractivity contribution in [2.45, 2.75) is 44.6 Å². The molecule has 1 atom stereocenters. The van der Waals surface area contributed by atoms with Gasteiger partial charge < -0.3 is 9.92 Å². The molecule has 0 radical (unpaired) electrons. The van der Waals surface area contributed by atoms with E-state index < -0.39 is 22.1 Å². The first-order chi connectivity index (χ1) is 9.26. The molecule has 0 aliphatic heterocycles. The van der Waals surface area contributed by atoms with Crippen LogP contribution in [0.15, 0.2) is 29.2 Å². The maximum atomic E-state index is 11.9. The SMILES string of the molecule is CCc1ccc(S(=O)(=O)OC(=O)[C@H](N)CC(C)C)cc1. The minimum Gasteiger partial charge on any atom is -0.341 e. The quantitative estimate of drug-likeness (QED) is 0.810. The zero-order valence-electron chi connectivity index (χ0n) is 12.0. The van der Waals surface area contributed by atoms with Crippen LogP contribution in [-0.4, -0.2) is 20.4 Å². The Labute approximate surface area is 120 Å². The van der Waals surface area contributed by atoms with Crippen LogP contribution in [0.4, 0.5) is 0 Å². The Morgan fingerprint density at radius 2 is 1.80 bits per heavy atom. The topological polar surface area (TPSA) is 86.5 Å². The highest BCUT2D eigenvalue weighted by atomic mass is 32.2. The first-order valence-corrected chi connectivity index (χ1v) is 8.00. The molecule has 0 aliphatic carbocycles. The van der Waals surface area contributed by atoms with E-state index in [0.717, 1.165) is 12.0 Å². The van der Waals surface area contributed by atoms with Crippen LogP contribution in [0.5, 0.6) is 0 Å². The Balaban J connectivity index is 2.81. The number of hydrogen-bond acceptors (Lipinski definition) is 5. The maximum Gasteiger partial charge on any atom is 0.341 e. The van der Waals surface area contributed by atoms with Gasteiger partial charge in [-0.15, -0.1) is 0 Å². The molecule has 1 rings (SSSR count). The average Bonchev–Trinajstić information content (AvgIpc) is 2.37. The van der Waals surface area contributed by atoms with Gasteiger partial charge in [0.05, 0.1) is 0 Å². The van der Waals surface area contributed by atoms with Crippen molar-refractivity contribution < 1.29 is 17.4 Å². The number of benzene rings is 1. The molecule has 6 heteroatoms. The highest BCUT2D eigenvalue weighted by molar-refractivity contribution is 7.87. The maximum absolute atomic E-state index is 11.9.